The Labute approximate surface area is 129 Å². The van der Waals surface area contributed by atoms with Crippen LogP contribution in [0.15, 0.2) is 36.4 Å². The largest absolute Gasteiger partial charge is 0.373 e. The van der Waals surface area contributed by atoms with Gasteiger partial charge in [-0.3, -0.25) is 0 Å². The molecule has 0 amide bonds. The van der Waals surface area contributed by atoms with Crippen molar-refractivity contribution in [1.29, 1.82) is 0 Å². The van der Waals surface area contributed by atoms with E-state index in [1.807, 2.05) is 31.3 Å². The number of benzene rings is 2. The molecule has 0 aliphatic heterocycles. The third kappa shape index (κ3) is 2.45. The summed E-state index contributed by atoms with van der Waals surface area (Å²) in [5.74, 6) is 1.52. The molecule has 0 spiro atoms. The molecule has 1 N–H and O–H groups in total. The van der Waals surface area contributed by atoms with Crippen LogP contribution in [0.1, 0.15) is 11.1 Å². The second-order valence-corrected chi connectivity index (χ2v) is 5.49. The first-order chi connectivity index (χ1) is 10.1. The van der Waals surface area contributed by atoms with Crippen LogP contribution >= 0.6 is 11.6 Å². The van der Waals surface area contributed by atoms with Crippen LogP contribution in [0.5, 0.6) is 0 Å². The number of nitrogens with zero attached hydrogens (tertiary/aromatic N) is 2. The van der Waals surface area contributed by atoms with Gasteiger partial charge in [0, 0.05) is 23.0 Å². The summed E-state index contributed by atoms with van der Waals surface area (Å²) in [6.07, 6.45) is 0. The summed E-state index contributed by atoms with van der Waals surface area (Å²) >= 11 is 6.07. The van der Waals surface area contributed by atoms with Gasteiger partial charge in [-0.1, -0.05) is 29.8 Å². The lowest BCUT2D eigenvalue weighted by Gasteiger charge is -2.11. The molecule has 106 valence electrons. The molecule has 0 unspecified atom stereocenters. The number of fused-ring (bicyclic) bond motifs is 1. The van der Waals surface area contributed by atoms with Gasteiger partial charge in [-0.15, -0.1) is 0 Å². The van der Waals surface area contributed by atoms with Gasteiger partial charge in [-0.25, -0.2) is 9.97 Å². The molecule has 1 heterocycles. The predicted octanol–water partition coefficient (Wildman–Crippen LogP) is 4.61. The Morgan fingerprint density at radius 2 is 1.86 bits per heavy atom. The van der Waals surface area contributed by atoms with Crippen molar-refractivity contribution < 1.29 is 0 Å². The van der Waals surface area contributed by atoms with Crippen molar-refractivity contribution in [2.75, 3.05) is 12.4 Å². The van der Waals surface area contributed by atoms with Gasteiger partial charge in [-0.2, -0.15) is 0 Å². The summed E-state index contributed by atoms with van der Waals surface area (Å²) in [7, 11) is 1.86. The second kappa shape index (κ2) is 5.34. The maximum atomic E-state index is 6.07. The Morgan fingerprint density at radius 3 is 2.62 bits per heavy atom. The van der Waals surface area contributed by atoms with Crippen molar-refractivity contribution in [1.82, 2.24) is 9.97 Å². The predicted molar refractivity (Wildman–Crippen MR) is 89.0 cm³/mol. The van der Waals surface area contributed by atoms with E-state index in [1.54, 1.807) is 0 Å². The van der Waals surface area contributed by atoms with E-state index in [4.69, 9.17) is 11.6 Å². The van der Waals surface area contributed by atoms with Crippen LogP contribution in [0.3, 0.4) is 0 Å². The molecule has 21 heavy (non-hydrogen) atoms. The smallest absolute Gasteiger partial charge is 0.162 e. The van der Waals surface area contributed by atoms with Crippen molar-refractivity contribution in [3.63, 3.8) is 0 Å². The van der Waals surface area contributed by atoms with Crippen LogP contribution in [0.2, 0.25) is 5.02 Å². The zero-order valence-electron chi connectivity index (χ0n) is 12.2. The normalized spacial score (nSPS) is 10.9. The van der Waals surface area contributed by atoms with E-state index in [2.05, 4.69) is 41.3 Å². The van der Waals surface area contributed by atoms with Crippen molar-refractivity contribution in [3.05, 3.63) is 52.5 Å². The monoisotopic (exact) mass is 297 g/mol. The number of nitrogens with one attached hydrogen (secondary N) is 1. The fourth-order valence-corrected chi connectivity index (χ4v) is 2.58. The number of aryl methyl sites for hydroxylation is 1. The van der Waals surface area contributed by atoms with Gasteiger partial charge in [0.05, 0.1) is 5.52 Å². The second-order valence-electron chi connectivity index (χ2n) is 5.05. The van der Waals surface area contributed by atoms with Gasteiger partial charge >= 0.3 is 0 Å². The molecule has 0 atom stereocenters. The average molecular weight is 298 g/mol. The lowest BCUT2D eigenvalue weighted by molar-refractivity contribution is 1.19. The van der Waals surface area contributed by atoms with Crippen LogP contribution in [-0.2, 0) is 0 Å². The van der Waals surface area contributed by atoms with Crippen molar-refractivity contribution in [3.8, 4) is 11.4 Å². The van der Waals surface area contributed by atoms with Crippen molar-refractivity contribution in [2.45, 2.75) is 13.8 Å². The number of halogens is 1. The van der Waals surface area contributed by atoms with E-state index in [0.717, 1.165) is 28.1 Å². The van der Waals surface area contributed by atoms with E-state index in [-0.39, 0.29) is 0 Å². The van der Waals surface area contributed by atoms with Gasteiger partial charge in [0.15, 0.2) is 5.82 Å². The topological polar surface area (TPSA) is 37.8 Å². The summed E-state index contributed by atoms with van der Waals surface area (Å²) in [5.41, 5.74) is 4.38. The van der Waals surface area contributed by atoms with Crippen LogP contribution in [0.4, 0.5) is 5.82 Å². The minimum Gasteiger partial charge on any atom is -0.373 e. The molecule has 0 saturated heterocycles. The summed E-state index contributed by atoms with van der Waals surface area (Å²) in [6, 6.07) is 11.8. The van der Waals surface area contributed by atoms with Crippen LogP contribution < -0.4 is 5.32 Å². The Morgan fingerprint density at radius 1 is 1.05 bits per heavy atom. The molecule has 2 aromatic carbocycles. The number of anilines is 1. The molecule has 0 aliphatic carbocycles. The Bertz CT molecular complexity index is 828. The molecule has 3 nitrogen and oxygen atoms in total. The van der Waals surface area contributed by atoms with Gasteiger partial charge in [0.2, 0.25) is 0 Å². The van der Waals surface area contributed by atoms with E-state index in [0.29, 0.717) is 5.02 Å². The van der Waals surface area contributed by atoms with Gasteiger partial charge < -0.3 is 5.32 Å². The van der Waals surface area contributed by atoms with E-state index >= 15 is 0 Å². The lowest BCUT2D eigenvalue weighted by atomic mass is 10.0. The Hall–Kier alpha value is -2.13. The van der Waals surface area contributed by atoms with Crippen LogP contribution in [0, 0.1) is 13.8 Å². The molecule has 0 aliphatic rings. The first-order valence-electron chi connectivity index (χ1n) is 6.82. The first-order valence-corrected chi connectivity index (χ1v) is 7.19. The highest BCUT2D eigenvalue weighted by Crippen LogP contribution is 2.29. The SMILES string of the molecule is CNc1nc(-c2cccc(C)c2C)nc2ccc(Cl)cc12. The van der Waals surface area contributed by atoms with Crippen molar-refractivity contribution >= 4 is 28.3 Å². The summed E-state index contributed by atoms with van der Waals surface area (Å²) in [5, 5.41) is 4.74. The quantitative estimate of drug-likeness (QED) is 0.750. The molecular weight excluding hydrogens is 282 g/mol. The van der Waals surface area contributed by atoms with Gasteiger partial charge in [0.1, 0.15) is 5.82 Å². The minimum atomic E-state index is 0.682. The third-order valence-corrected chi connectivity index (χ3v) is 3.98. The summed E-state index contributed by atoms with van der Waals surface area (Å²) < 4.78 is 0. The van der Waals surface area contributed by atoms with Gasteiger partial charge in [0.25, 0.3) is 0 Å². The molecule has 3 aromatic rings. The zero-order chi connectivity index (χ0) is 15.0. The molecule has 0 fully saturated rings. The summed E-state index contributed by atoms with van der Waals surface area (Å²) in [4.78, 5) is 9.34. The van der Waals surface area contributed by atoms with Crippen molar-refractivity contribution in [2.24, 2.45) is 0 Å². The Balaban J connectivity index is 2.29. The fraction of sp³-hybridized carbons (Fsp3) is 0.176. The summed E-state index contributed by atoms with van der Waals surface area (Å²) in [6.45, 7) is 4.19. The lowest BCUT2D eigenvalue weighted by Crippen LogP contribution is -2.00. The molecule has 0 radical (unpaired) electrons. The highest BCUT2D eigenvalue weighted by Gasteiger charge is 2.11. The standard InChI is InChI=1S/C17H16ClN3/c1-10-5-4-6-13(11(10)2)17-20-15-8-7-12(18)9-14(15)16(19-3)21-17/h4-9H,1-3H3,(H,19,20,21). The number of hydrogen-bond acceptors (Lipinski definition) is 3. The molecule has 0 bridgehead atoms. The number of rotatable bonds is 2. The highest BCUT2D eigenvalue weighted by molar-refractivity contribution is 6.31. The number of hydrogen-bond donors (Lipinski definition) is 1. The van der Waals surface area contributed by atoms with E-state index < -0.39 is 0 Å². The molecule has 1 aromatic heterocycles. The van der Waals surface area contributed by atoms with Gasteiger partial charge in [-0.05, 0) is 43.2 Å². The average Bonchev–Trinajstić information content (AvgIpc) is 2.49. The highest BCUT2D eigenvalue weighted by atomic mass is 35.5. The third-order valence-electron chi connectivity index (χ3n) is 3.74. The molecule has 4 heteroatoms. The van der Waals surface area contributed by atoms with E-state index in [9.17, 15) is 0 Å². The molecule has 0 saturated carbocycles. The zero-order valence-corrected chi connectivity index (χ0v) is 13.0. The maximum Gasteiger partial charge on any atom is 0.162 e. The maximum absolute atomic E-state index is 6.07. The van der Waals surface area contributed by atoms with Crippen LogP contribution in [0.25, 0.3) is 22.3 Å². The first kappa shape index (κ1) is 13.8. The minimum absolute atomic E-state index is 0.682. The molecular formula is C17H16ClN3. The number of aromatic nitrogens is 2. The van der Waals surface area contributed by atoms with E-state index in [1.165, 1.54) is 11.1 Å². The fourth-order valence-electron chi connectivity index (χ4n) is 2.41. The Kier molecular flexibility index (Phi) is 3.52. The molecule has 3 rings (SSSR count). The van der Waals surface area contributed by atoms with Crippen LogP contribution in [-0.4, -0.2) is 17.0 Å².